The third kappa shape index (κ3) is 5.08. The van der Waals surface area contributed by atoms with Crippen LogP contribution in [0.15, 0.2) is 33.8 Å². The second kappa shape index (κ2) is 9.05. The van der Waals surface area contributed by atoms with E-state index in [2.05, 4.69) is 57.0 Å². The first kappa shape index (κ1) is 18.0. The van der Waals surface area contributed by atoms with E-state index in [0.717, 1.165) is 24.7 Å². The quantitative estimate of drug-likeness (QED) is 0.603. The second-order valence-corrected chi connectivity index (χ2v) is 5.93. The van der Waals surface area contributed by atoms with Crippen LogP contribution in [0.5, 0.6) is 0 Å². The highest BCUT2D eigenvalue weighted by Crippen LogP contribution is 2.10. The van der Waals surface area contributed by atoms with Crippen LogP contribution in [0.2, 0.25) is 0 Å². The number of guanidine groups is 1. The maximum atomic E-state index is 5.24. The van der Waals surface area contributed by atoms with Gasteiger partial charge in [-0.15, -0.1) is 0 Å². The Morgan fingerprint density at radius 3 is 2.58 bits per heavy atom. The van der Waals surface area contributed by atoms with Gasteiger partial charge in [-0.1, -0.05) is 50.2 Å². The summed E-state index contributed by atoms with van der Waals surface area (Å²) in [6.07, 6.45) is 1.70. The highest BCUT2D eigenvalue weighted by Gasteiger charge is 2.09. The summed E-state index contributed by atoms with van der Waals surface area (Å²) in [5.41, 5.74) is 2.65. The molecule has 2 aromatic rings. The Morgan fingerprint density at radius 2 is 1.96 bits per heavy atom. The Hall–Kier alpha value is -2.37. The Balaban J connectivity index is 1.80. The van der Waals surface area contributed by atoms with E-state index in [1.54, 1.807) is 7.05 Å². The molecule has 1 heterocycles. The average Bonchev–Trinajstić information content (AvgIpc) is 3.07. The molecule has 6 nitrogen and oxygen atoms in total. The lowest BCUT2D eigenvalue weighted by molar-refractivity contribution is 0.371. The standard InChI is InChI=1S/C18H27N5O/c1-5-14-8-6-7-9-15(14)12-21-18(19-4)20-11-10-16-22-17(13(2)3)23-24-16/h6-9,13H,5,10-12H2,1-4H3,(H2,19,20,21). The fraction of sp³-hybridized carbons (Fsp3) is 0.500. The molecule has 2 rings (SSSR count). The summed E-state index contributed by atoms with van der Waals surface area (Å²) in [6, 6.07) is 8.44. The molecule has 0 saturated carbocycles. The van der Waals surface area contributed by atoms with Crippen molar-refractivity contribution in [3.05, 3.63) is 47.1 Å². The number of rotatable bonds is 7. The van der Waals surface area contributed by atoms with Crippen molar-refractivity contribution in [3.63, 3.8) is 0 Å². The lowest BCUT2D eigenvalue weighted by atomic mass is 10.1. The van der Waals surface area contributed by atoms with Gasteiger partial charge in [-0.25, -0.2) is 0 Å². The predicted molar refractivity (Wildman–Crippen MR) is 96.1 cm³/mol. The minimum atomic E-state index is 0.281. The normalized spacial score (nSPS) is 11.8. The molecule has 0 amide bonds. The number of aryl methyl sites for hydroxylation is 1. The highest BCUT2D eigenvalue weighted by molar-refractivity contribution is 5.79. The summed E-state index contributed by atoms with van der Waals surface area (Å²) in [5, 5.41) is 10.6. The highest BCUT2D eigenvalue weighted by atomic mass is 16.5. The molecular weight excluding hydrogens is 302 g/mol. The lowest BCUT2D eigenvalue weighted by Crippen LogP contribution is -2.38. The smallest absolute Gasteiger partial charge is 0.228 e. The van der Waals surface area contributed by atoms with E-state index < -0.39 is 0 Å². The van der Waals surface area contributed by atoms with Gasteiger partial charge in [0.2, 0.25) is 5.89 Å². The van der Waals surface area contributed by atoms with Gasteiger partial charge in [0.15, 0.2) is 11.8 Å². The molecule has 0 spiro atoms. The first-order chi connectivity index (χ1) is 11.6. The molecule has 0 saturated heterocycles. The number of nitrogens with one attached hydrogen (secondary N) is 2. The molecule has 0 unspecified atom stereocenters. The molecular formula is C18H27N5O. The Kier molecular flexibility index (Phi) is 6.78. The average molecular weight is 329 g/mol. The summed E-state index contributed by atoms with van der Waals surface area (Å²) >= 11 is 0. The molecule has 130 valence electrons. The van der Waals surface area contributed by atoms with Crippen LogP contribution in [0.25, 0.3) is 0 Å². The lowest BCUT2D eigenvalue weighted by Gasteiger charge is -2.13. The van der Waals surface area contributed by atoms with Crippen molar-refractivity contribution in [1.29, 1.82) is 0 Å². The molecule has 0 radical (unpaired) electrons. The largest absolute Gasteiger partial charge is 0.356 e. The molecule has 6 heteroatoms. The summed E-state index contributed by atoms with van der Waals surface area (Å²) in [4.78, 5) is 8.62. The van der Waals surface area contributed by atoms with Crippen LogP contribution in [0, 0.1) is 0 Å². The van der Waals surface area contributed by atoms with Crippen molar-refractivity contribution in [2.45, 2.75) is 46.1 Å². The summed E-state index contributed by atoms with van der Waals surface area (Å²) in [6.45, 7) is 7.71. The number of hydrogen-bond acceptors (Lipinski definition) is 4. The first-order valence-corrected chi connectivity index (χ1v) is 8.47. The van der Waals surface area contributed by atoms with Gasteiger partial charge < -0.3 is 15.2 Å². The van der Waals surface area contributed by atoms with Crippen LogP contribution in [-0.4, -0.2) is 29.7 Å². The zero-order chi connectivity index (χ0) is 17.4. The molecule has 0 aliphatic carbocycles. The van der Waals surface area contributed by atoms with Gasteiger partial charge in [-0.05, 0) is 17.5 Å². The Labute approximate surface area is 143 Å². The van der Waals surface area contributed by atoms with E-state index in [1.807, 2.05) is 13.8 Å². The molecule has 0 bridgehead atoms. The summed E-state index contributed by atoms with van der Waals surface area (Å²) in [5.74, 6) is 2.45. The van der Waals surface area contributed by atoms with E-state index >= 15 is 0 Å². The van der Waals surface area contributed by atoms with Gasteiger partial charge in [-0.2, -0.15) is 4.98 Å². The van der Waals surface area contributed by atoms with Crippen molar-refractivity contribution in [2.75, 3.05) is 13.6 Å². The van der Waals surface area contributed by atoms with E-state index in [1.165, 1.54) is 11.1 Å². The van der Waals surface area contributed by atoms with Gasteiger partial charge in [0.1, 0.15) is 0 Å². The number of hydrogen-bond donors (Lipinski definition) is 2. The van der Waals surface area contributed by atoms with Crippen molar-refractivity contribution in [3.8, 4) is 0 Å². The third-order valence-corrected chi connectivity index (χ3v) is 3.80. The zero-order valence-electron chi connectivity index (χ0n) is 15.0. The molecule has 1 aromatic heterocycles. The first-order valence-electron chi connectivity index (χ1n) is 8.47. The molecule has 0 aliphatic heterocycles. The predicted octanol–water partition coefficient (Wildman–Crippen LogP) is 2.66. The minimum Gasteiger partial charge on any atom is -0.356 e. The zero-order valence-corrected chi connectivity index (χ0v) is 15.0. The van der Waals surface area contributed by atoms with Crippen LogP contribution >= 0.6 is 0 Å². The van der Waals surface area contributed by atoms with Gasteiger partial charge in [-0.3, -0.25) is 4.99 Å². The van der Waals surface area contributed by atoms with Gasteiger partial charge >= 0.3 is 0 Å². The molecule has 2 N–H and O–H groups in total. The maximum Gasteiger partial charge on any atom is 0.228 e. The van der Waals surface area contributed by atoms with Gasteiger partial charge in [0.25, 0.3) is 0 Å². The van der Waals surface area contributed by atoms with Crippen LogP contribution in [0.4, 0.5) is 0 Å². The van der Waals surface area contributed by atoms with Crippen molar-refractivity contribution in [2.24, 2.45) is 4.99 Å². The third-order valence-electron chi connectivity index (χ3n) is 3.80. The van der Waals surface area contributed by atoms with Crippen molar-refractivity contribution >= 4 is 5.96 Å². The second-order valence-electron chi connectivity index (χ2n) is 5.93. The fourth-order valence-electron chi connectivity index (χ4n) is 2.37. The number of aliphatic imine (C=N–C) groups is 1. The summed E-state index contributed by atoms with van der Waals surface area (Å²) < 4.78 is 5.24. The molecule has 0 fully saturated rings. The Bertz CT molecular complexity index is 663. The van der Waals surface area contributed by atoms with Crippen LogP contribution in [-0.2, 0) is 19.4 Å². The SMILES string of the molecule is CCc1ccccc1CNC(=NC)NCCc1nc(C(C)C)no1. The number of nitrogens with zero attached hydrogens (tertiary/aromatic N) is 3. The van der Waals surface area contributed by atoms with Gasteiger partial charge in [0, 0.05) is 32.5 Å². The summed E-state index contributed by atoms with van der Waals surface area (Å²) in [7, 11) is 1.77. The maximum absolute atomic E-state index is 5.24. The molecule has 24 heavy (non-hydrogen) atoms. The van der Waals surface area contributed by atoms with E-state index in [-0.39, 0.29) is 5.92 Å². The molecule has 0 atom stereocenters. The molecule has 1 aromatic carbocycles. The van der Waals surface area contributed by atoms with E-state index in [4.69, 9.17) is 4.52 Å². The topological polar surface area (TPSA) is 75.3 Å². The molecule has 0 aliphatic rings. The van der Waals surface area contributed by atoms with Crippen molar-refractivity contribution < 1.29 is 4.52 Å². The monoisotopic (exact) mass is 329 g/mol. The number of aromatic nitrogens is 2. The minimum absolute atomic E-state index is 0.281. The van der Waals surface area contributed by atoms with Crippen LogP contribution in [0.3, 0.4) is 0 Å². The van der Waals surface area contributed by atoms with E-state index in [9.17, 15) is 0 Å². The van der Waals surface area contributed by atoms with Crippen LogP contribution < -0.4 is 10.6 Å². The van der Waals surface area contributed by atoms with Gasteiger partial charge in [0.05, 0.1) is 0 Å². The van der Waals surface area contributed by atoms with E-state index in [0.29, 0.717) is 18.9 Å². The Morgan fingerprint density at radius 1 is 1.21 bits per heavy atom. The van der Waals surface area contributed by atoms with Crippen LogP contribution in [0.1, 0.15) is 49.5 Å². The fourth-order valence-corrected chi connectivity index (χ4v) is 2.37. The van der Waals surface area contributed by atoms with Crippen molar-refractivity contribution in [1.82, 2.24) is 20.8 Å². The number of benzene rings is 1.